The van der Waals surface area contributed by atoms with Gasteiger partial charge in [-0.15, -0.1) is 5.10 Å². The van der Waals surface area contributed by atoms with E-state index >= 15 is 0 Å². The zero-order valence-corrected chi connectivity index (χ0v) is 18.7. The molecular weight excluding hydrogens is 428 g/mol. The summed E-state index contributed by atoms with van der Waals surface area (Å²) < 4.78 is 12.8. The normalized spacial score (nSPS) is 12.7. The minimum absolute atomic E-state index is 0.0498. The van der Waals surface area contributed by atoms with Crippen LogP contribution < -0.4 is 15.2 Å². The minimum Gasteiger partial charge on any atom is -0.486 e. The molecule has 0 fully saturated rings. The van der Waals surface area contributed by atoms with Crippen LogP contribution in [0.3, 0.4) is 0 Å². The van der Waals surface area contributed by atoms with E-state index in [4.69, 9.17) is 9.47 Å². The predicted molar refractivity (Wildman–Crippen MR) is 119 cm³/mol. The molecule has 0 atom stereocenters. The maximum atomic E-state index is 12.2. The van der Waals surface area contributed by atoms with E-state index in [-0.39, 0.29) is 5.03 Å². The zero-order valence-electron chi connectivity index (χ0n) is 17.0. The second-order valence-corrected chi connectivity index (χ2v) is 8.37. The van der Waals surface area contributed by atoms with E-state index in [0.717, 1.165) is 23.5 Å². The number of H-pyrrole nitrogens is 1. The molecule has 9 nitrogen and oxygen atoms in total. The van der Waals surface area contributed by atoms with Crippen molar-refractivity contribution in [1.29, 1.82) is 0 Å². The van der Waals surface area contributed by atoms with E-state index in [2.05, 4.69) is 30.6 Å². The lowest BCUT2D eigenvalue weighted by atomic mass is 10.2. The Hall–Kier alpha value is -2.66. The van der Waals surface area contributed by atoms with Crippen molar-refractivity contribution in [2.45, 2.75) is 38.8 Å². The smallest absolute Gasteiger partial charge is 0.348 e. The first-order chi connectivity index (χ1) is 14.4. The number of nitro groups is 1. The number of thioether (sulfide) groups is 2. The second-order valence-electron chi connectivity index (χ2n) is 5.93. The summed E-state index contributed by atoms with van der Waals surface area (Å²) in [6.45, 7) is 10.6. The van der Waals surface area contributed by atoms with Gasteiger partial charge in [0.15, 0.2) is 11.5 Å². The molecule has 0 amide bonds. The van der Waals surface area contributed by atoms with Gasteiger partial charge in [0.1, 0.15) is 13.2 Å². The molecule has 30 heavy (non-hydrogen) atoms. The highest BCUT2D eigenvalue weighted by Gasteiger charge is 2.19. The Morgan fingerprint density at radius 1 is 1.33 bits per heavy atom. The van der Waals surface area contributed by atoms with E-state index in [1.54, 1.807) is 25.1 Å². The van der Waals surface area contributed by atoms with E-state index in [0.29, 0.717) is 39.8 Å². The van der Waals surface area contributed by atoms with Gasteiger partial charge in [-0.3, -0.25) is 10.1 Å². The van der Waals surface area contributed by atoms with Crippen molar-refractivity contribution < 1.29 is 14.4 Å². The number of nitrogens with zero attached hydrogens (tertiary/aromatic N) is 3. The number of ether oxygens (including phenoxy) is 2. The highest BCUT2D eigenvalue weighted by atomic mass is 32.2. The quantitative estimate of drug-likeness (QED) is 0.369. The largest absolute Gasteiger partial charge is 0.486 e. The van der Waals surface area contributed by atoms with Crippen LogP contribution in [-0.2, 0) is 0 Å². The van der Waals surface area contributed by atoms with Crippen LogP contribution >= 0.6 is 23.5 Å². The molecule has 0 radical (unpaired) electrons. The van der Waals surface area contributed by atoms with Crippen LogP contribution in [0, 0.1) is 10.1 Å². The fourth-order valence-corrected chi connectivity index (χ4v) is 3.84. The Bertz CT molecular complexity index is 982. The Balaban J connectivity index is 0.000000735. The molecule has 11 heteroatoms. The number of hydrogen-bond acceptors (Lipinski definition) is 8. The number of aromatic nitrogens is 3. The van der Waals surface area contributed by atoms with Gasteiger partial charge in [-0.2, -0.15) is 0 Å². The zero-order chi connectivity index (χ0) is 22.1. The summed E-state index contributed by atoms with van der Waals surface area (Å²) in [6, 6.07) is 5.10. The van der Waals surface area contributed by atoms with Crippen molar-refractivity contribution in [1.82, 2.24) is 14.8 Å². The molecule has 1 aromatic heterocycles. The maximum absolute atomic E-state index is 12.2. The lowest BCUT2D eigenvalue weighted by Crippen LogP contribution is -2.18. The third-order valence-corrected chi connectivity index (χ3v) is 5.78. The summed E-state index contributed by atoms with van der Waals surface area (Å²) >= 11 is 1.96. The lowest BCUT2D eigenvalue weighted by Gasteiger charge is -2.19. The van der Waals surface area contributed by atoms with Crippen molar-refractivity contribution >= 4 is 23.5 Å². The molecule has 2 heterocycles. The second kappa shape index (κ2) is 11.5. The molecule has 0 saturated carbocycles. The summed E-state index contributed by atoms with van der Waals surface area (Å²) in [5, 5.41) is 17.5. The van der Waals surface area contributed by atoms with Crippen molar-refractivity contribution in [2.75, 3.05) is 13.2 Å². The molecule has 1 aliphatic heterocycles. The number of rotatable bonds is 7. The van der Waals surface area contributed by atoms with Gasteiger partial charge < -0.3 is 9.47 Å². The van der Waals surface area contributed by atoms with Crippen LogP contribution in [0.2, 0.25) is 0 Å². The molecule has 162 valence electrons. The van der Waals surface area contributed by atoms with Gasteiger partial charge in [-0.25, -0.2) is 14.5 Å². The standard InChI is InChI=1S/C15H14N4O5S2.C4H10/c1-3-13(19(21)22)25-9(2)26-15-17-16-14(20)18(15)10-4-5-11-12(8-10)24-7-6-23-11;1-3-4-2/h3-5,8H,2,6-7H2,1H3,(H,16,20);3-4H2,1-2H3/b13-3-;. The Morgan fingerprint density at radius 2 is 2.00 bits per heavy atom. The molecule has 1 aromatic carbocycles. The molecule has 2 aromatic rings. The van der Waals surface area contributed by atoms with Crippen LogP contribution in [0.15, 0.2) is 50.1 Å². The fourth-order valence-electron chi connectivity index (χ4n) is 2.19. The number of unbranched alkanes of at least 4 members (excludes halogenated alkanes) is 1. The summed E-state index contributed by atoms with van der Waals surface area (Å²) in [4.78, 5) is 22.6. The maximum Gasteiger partial charge on any atom is 0.348 e. The third kappa shape index (κ3) is 6.17. The molecule has 1 aliphatic rings. The number of benzene rings is 1. The van der Waals surface area contributed by atoms with Gasteiger partial charge in [0.05, 0.1) is 14.8 Å². The van der Waals surface area contributed by atoms with Crippen LogP contribution in [0.25, 0.3) is 5.69 Å². The van der Waals surface area contributed by atoms with Gasteiger partial charge in [0.2, 0.25) is 5.16 Å². The van der Waals surface area contributed by atoms with Crippen LogP contribution in [-0.4, -0.2) is 32.9 Å². The average molecular weight is 453 g/mol. The molecule has 1 N–H and O–H groups in total. The van der Waals surface area contributed by atoms with Crippen LogP contribution in [0.4, 0.5) is 0 Å². The summed E-state index contributed by atoms with van der Waals surface area (Å²) in [5.41, 5.74) is 0.0938. The molecule has 0 aliphatic carbocycles. The minimum atomic E-state index is -0.491. The third-order valence-electron chi connectivity index (χ3n) is 3.78. The van der Waals surface area contributed by atoms with Gasteiger partial charge in [0.25, 0.3) is 0 Å². The molecular formula is C19H24N4O5S2. The van der Waals surface area contributed by atoms with E-state index in [1.165, 1.54) is 23.5 Å². The first-order valence-corrected chi connectivity index (χ1v) is 11.0. The Labute approximate surface area is 182 Å². The van der Waals surface area contributed by atoms with Crippen LogP contribution in [0.5, 0.6) is 11.5 Å². The summed E-state index contributed by atoms with van der Waals surface area (Å²) in [5.74, 6) is 1.14. The van der Waals surface area contributed by atoms with Gasteiger partial charge >= 0.3 is 10.7 Å². The van der Waals surface area contributed by atoms with Gasteiger partial charge in [0, 0.05) is 6.07 Å². The summed E-state index contributed by atoms with van der Waals surface area (Å²) in [6.07, 6.45) is 4.02. The van der Waals surface area contributed by atoms with Crippen LogP contribution in [0.1, 0.15) is 33.6 Å². The number of hydrogen-bond donors (Lipinski definition) is 1. The number of fused-ring (bicyclic) bond motifs is 1. The Kier molecular flexibility index (Phi) is 9.06. The number of nitrogens with one attached hydrogen (secondary N) is 1. The summed E-state index contributed by atoms with van der Waals surface area (Å²) in [7, 11) is 0. The van der Waals surface area contributed by atoms with E-state index < -0.39 is 10.6 Å². The molecule has 3 rings (SSSR count). The fraction of sp³-hybridized carbons (Fsp3) is 0.368. The highest BCUT2D eigenvalue weighted by molar-refractivity contribution is 8.23. The molecule has 0 unspecified atom stereocenters. The molecule has 0 saturated heterocycles. The first-order valence-electron chi connectivity index (χ1n) is 9.33. The van der Waals surface area contributed by atoms with E-state index in [1.807, 2.05) is 0 Å². The van der Waals surface area contributed by atoms with E-state index in [9.17, 15) is 14.9 Å². The average Bonchev–Trinajstić information content (AvgIpc) is 3.11. The van der Waals surface area contributed by atoms with Gasteiger partial charge in [-0.1, -0.05) is 33.3 Å². The lowest BCUT2D eigenvalue weighted by molar-refractivity contribution is -0.410. The predicted octanol–water partition coefficient (Wildman–Crippen LogP) is 4.57. The van der Waals surface area contributed by atoms with Crippen molar-refractivity contribution in [3.8, 4) is 17.2 Å². The topological polar surface area (TPSA) is 112 Å². The molecule has 0 bridgehead atoms. The first kappa shape index (κ1) is 23.6. The Morgan fingerprint density at radius 3 is 2.60 bits per heavy atom. The van der Waals surface area contributed by atoms with Gasteiger partial charge in [-0.05, 0) is 48.7 Å². The number of allylic oxidation sites excluding steroid dienone is 1. The molecule has 0 spiro atoms. The van der Waals surface area contributed by atoms with Crippen molar-refractivity contribution in [3.05, 3.63) is 60.7 Å². The number of aromatic amines is 1. The monoisotopic (exact) mass is 452 g/mol. The highest BCUT2D eigenvalue weighted by Crippen LogP contribution is 2.38. The van der Waals surface area contributed by atoms with Crippen molar-refractivity contribution in [2.24, 2.45) is 0 Å². The van der Waals surface area contributed by atoms with Crippen molar-refractivity contribution in [3.63, 3.8) is 0 Å². The SMILES string of the molecule is C=C(S/C(=C\C)[N+](=O)[O-])Sc1n[nH]c(=O)n1-c1ccc2c(c1)OCCO2.CCCC.